The van der Waals surface area contributed by atoms with Crippen molar-refractivity contribution in [3.05, 3.63) is 77.1 Å². The van der Waals surface area contributed by atoms with E-state index in [0.717, 1.165) is 28.2 Å². The molecule has 2 aromatic carbocycles. The number of pyridine rings is 1. The molecule has 1 N–H and O–H groups in total. The zero-order chi connectivity index (χ0) is 24.0. The van der Waals surface area contributed by atoms with Crippen LogP contribution in [-0.4, -0.2) is 34.9 Å². The van der Waals surface area contributed by atoms with Gasteiger partial charge < -0.3 is 19.4 Å². The lowest BCUT2D eigenvalue weighted by Gasteiger charge is -2.26. The van der Waals surface area contributed by atoms with E-state index in [1.54, 1.807) is 30.1 Å². The Morgan fingerprint density at radius 2 is 1.88 bits per heavy atom. The number of hydrogen-bond acceptors (Lipinski definition) is 4. The van der Waals surface area contributed by atoms with Crippen LogP contribution in [0.15, 0.2) is 54.7 Å². The van der Waals surface area contributed by atoms with Crippen LogP contribution in [0.2, 0.25) is 0 Å². The van der Waals surface area contributed by atoms with Crippen molar-refractivity contribution in [1.82, 2.24) is 9.38 Å². The Labute approximate surface area is 198 Å². The van der Waals surface area contributed by atoms with Crippen LogP contribution < -0.4 is 15.0 Å². The van der Waals surface area contributed by atoms with E-state index in [0.29, 0.717) is 17.1 Å². The molecular weight excluding hydrogens is 428 g/mol. The van der Waals surface area contributed by atoms with E-state index < -0.39 is 0 Å². The molecule has 0 bridgehead atoms. The largest absolute Gasteiger partial charge is 0.482 e. The van der Waals surface area contributed by atoms with E-state index in [1.807, 2.05) is 29.7 Å². The topological polar surface area (TPSA) is 75.9 Å². The van der Waals surface area contributed by atoms with Gasteiger partial charge in [-0.05, 0) is 67.8 Å². The average molecular weight is 455 g/mol. The normalized spacial score (nSPS) is 13.1. The van der Waals surface area contributed by atoms with Crippen molar-refractivity contribution in [1.29, 1.82) is 0 Å². The third kappa shape index (κ3) is 3.79. The van der Waals surface area contributed by atoms with Crippen LogP contribution in [-0.2, 0) is 16.0 Å². The van der Waals surface area contributed by atoms with Gasteiger partial charge in [0.15, 0.2) is 6.61 Å². The first kappa shape index (κ1) is 21.7. The number of benzene rings is 2. The number of anilines is 2. The molecule has 7 nitrogen and oxygen atoms in total. The monoisotopic (exact) mass is 454 g/mol. The molecule has 2 amide bonds. The first-order valence-corrected chi connectivity index (χ1v) is 11.2. The number of amides is 2. The molecule has 5 rings (SSSR count). The molecule has 0 atom stereocenters. The van der Waals surface area contributed by atoms with Gasteiger partial charge in [0.05, 0.1) is 23.5 Å². The fraction of sp³-hybridized carbons (Fsp3) is 0.222. The number of aryl methyl sites for hydroxylation is 3. The van der Waals surface area contributed by atoms with Crippen LogP contribution in [0.3, 0.4) is 0 Å². The molecule has 1 aliphatic rings. The first-order chi connectivity index (χ1) is 16.3. The van der Waals surface area contributed by atoms with Crippen molar-refractivity contribution in [2.45, 2.75) is 27.2 Å². The first-order valence-electron chi connectivity index (χ1n) is 11.2. The van der Waals surface area contributed by atoms with Crippen LogP contribution in [0.1, 0.15) is 22.4 Å². The van der Waals surface area contributed by atoms with Gasteiger partial charge in [-0.25, -0.2) is 4.98 Å². The van der Waals surface area contributed by atoms with E-state index in [9.17, 15) is 9.59 Å². The van der Waals surface area contributed by atoms with Gasteiger partial charge in [0.25, 0.3) is 5.91 Å². The highest BCUT2D eigenvalue weighted by Crippen LogP contribution is 2.34. The highest BCUT2D eigenvalue weighted by atomic mass is 16.5. The molecular formula is C27H26N4O3. The second-order valence-electron chi connectivity index (χ2n) is 8.74. The molecule has 0 unspecified atom stereocenters. The Morgan fingerprint density at radius 1 is 1.06 bits per heavy atom. The number of carbonyl (C=O) groups excluding carboxylic acids is 2. The Bertz CT molecular complexity index is 1450. The molecule has 0 aliphatic carbocycles. The van der Waals surface area contributed by atoms with Crippen molar-refractivity contribution in [3.8, 4) is 17.0 Å². The number of fused-ring (bicyclic) bond motifs is 2. The van der Waals surface area contributed by atoms with Gasteiger partial charge in [0.1, 0.15) is 11.4 Å². The van der Waals surface area contributed by atoms with Gasteiger partial charge in [-0.1, -0.05) is 18.2 Å². The highest BCUT2D eigenvalue weighted by molar-refractivity contribution is 5.99. The van der Waals surface area contributed by atoms with E-state index >= 15 is 0 Å². The molecule has 0 saturated heterocycles. The molecule has 1 aliphatic heterocycles. The standard InChI is InChI=1S/C27H26N4O3/c1-16-7-8-19(12-18(16)3)26-22(31-11-5-6-17(2)27(31)29-26)14-24(32)28-20-9-10-23-21(13-20)30(4)25(33)15-34-23/h5-13H,14-15H2,1-4H3,(H,28,32). The smallest absolute Gasteiger partial charge is 0.264 e. The summed E-state index contributed by atoms with van der Waals surface area (Å²) in [7, 11) is 1.70. The number of nitrogens with one attached hydrogen (secondary N) is 1. The molecule has 0 spiro atoms. The van der Waals surface area contributed by atoms with E-state index in [4.69, 9.17) is 9.72 Å². The second kappa shape index (κ2) is 8.33. The van der Waals surface area contributed by atoms with Crippen molar-refractivity contribution < 1.29 is 14.3 Å². The Hall–Kier alpha value is -4.13. The summed E-state index contributed by atoms with van der Waals surface area (Å²) in [5, 5.41) is 2.97. The van der Waals surface area contributed by atoms with E-state index in [-0.39, 0.29) is 24.8 Å². The number of imidazole rings is 1. The lowest BCUT2D eigenvalue weighted by molar-refractivity contribution is -0.121. The van der Waals surface area contributed by atoms with Gasteiger partial charge in [-0.2, -0.15) is 0 Å². The maximum absolute atomic E-state index is 13.2. The molecule has 0 saturated carbocycles. The Balaban J connectivity index is 1.49. The summed E-state index contributed by atoms with van der Waals surface area (Å²) in [6, 6.07) is 15.5. The summed E-state index contributed by atoms with van der Waals surface area (Å²) in [6.45, 7) is 6.19. The molecule has 2 aromatic heterocycles. The quantitative estimate of drug-likeness (QED) is 0.494. The van der Waals surface area contributed by atoms with Crippen LogP contribution in [0.4, 0.5) is 11.4 Å². The fourth-order valence-corrected chi connectivity index (χ4v) is 4.25. The van der Waals surface area contributed by atoms with Crippen molar-refractivity contribution in [3.63, 3.8) is 0 Å². The van der Waals surface area contributed by atoms with Crippen LogP contribution in [0, 0.1) is 20.8 Å². The molecule has 4 aromatic rings. The summed E-state index contributed by atoms with van der Waals surface area (Å²) in [6.07, 6.45) is 2.09. The lowest BCUT2D eigenvalue weighted by Crippen LogP contribution is -2.35. The minimum absolute atomic E-state index is 0.0180. The zero-order valence-corrected chi connectivity index (χ0v) is 19.7. The summed E-state index contributed by atoms with van der Waals surface area (Å²) in [5.41, 5.74) is 8.12. The van der Waals surface area contributed by atoms with E-state index in [1.165, 1.54) is 11.1 Å². The molecule has 34 heavy (non-hydrogen) atoms. The van der Waals surface area contributed by atoms with Crippen molar-refractivity contribution in [2.75, 3.05) is 23.9 Å². The number of aromatic nitrogens is 2. The fourth-order valence-electron chi connectivity index (χ4n) is 4.25. The molecule has 172 valence electrons. The predicted molar refractivity (Wildman–Crippen MR) is 133 cm³/mol. The van der Waals surface area contributed by atoms with Gasteiger partial charge >= 0.3 is 0 Å². The maximum Gasteiger partial charge on any atom is 0.264 e. The highest BCUT2D eigenvalue weighted by Gasteiger charge is 2.23. The lowest BCUT2D eigenvalue weighted by atomic mass is 10.0. The number of likely N-dealkylation sites (N-methyl/N-ethyl adjacent to an activating group) is 1. The van der Waals surface area contributed by atoms with Crippen LogP contribution >= 0.6 is 0 Å². The van der Waals surface area contributed by atoms with Gasteiger partial charge in [0, 0.05) is 24.5 Å². The Morgan fingerprint density at radius 3 is 2.68 bits per heavy atom. The molecule has 0 radical (unpaired) electrons. The predicted octanol–water partition coefficient (Wildman–Crippen LogP) is 4.46. The van der Waals surface area contributed by atoms with Gasteiger partial charge in [-0.15, -0.1) is 0 Å². The van der Waals surface area contributed by atoms with Crippen LogP contribution in [0.25, 0.3) is 16.9 Å². The molecule has 3 heterocycles. The minimum atomic E-state index is -0.168. The van der Waals surface area contributed by atoms with Crippen molar-refractivity contribution >= 4 is 28.8 Å². The molecule has 7 heteroatoms. The van der Waals surface area contributed by atoms with E-state index in [2.05, 4.69) is 37.4 Å². The van der Waals surface area contributed by atoms with Crippen molar-refractivity contribution in [2.24, 2.45) is 0 Å². The zero-order valence-electron chi connectivity index (χ0n) is 19.7. The number of nitrogens with zero attached hydrogens (tertiary/aromatic N) is 3. The Kier molecular flexibility index (Phi) is 5.32. The summed E-state index contributed by atoms with van der Waals surface area (Å²) in [4.78, 5) is 31.6. The van der Waals surface area contributed by atoms with Gasteiger partial charge in [-0.3, -0.25) is 9.59 Å². The third-order valence-electron chi connectivity index (χ3n) is 6.38. The maximum atomic E-state index is 13.2. The number of rotatable bonds is 4. The number of hydrogen-bond donors (Lipinski definition) is 1. The average Bonchev–Trinajstić information content (AvgIpc) is 3.18. The number of carbonyl (C=O) groups is 2. The summed E-state index contributed by atoms with van der Waals surface area (Å²) in [5.74, 6) is 0.323. The third-order valence-corrected chi connectivity index (χ3v) is 6.38. The minimum Gasteiger partial charge on any atom is -0.482 e. The van der Waals surface area contributed by atoms with Gasteiger partial charge in [0.2, 0.25) is 5.91 Å². The summed E-state index contributed by atoms with van der Waals surface area (Å²) >= 11 is 0. The second-order valence-corrected chi connectivity index (χ2v) is 8.74. The summed E-state index contributed by atoms with van der Waals surface area (Å²) < 4.78 is 7.47. The molecule has 0 fully saturated rings. The number of ether oxygens (including phenoxy) is 1. The van der Waals surface area contributed by atoms with Crippen LogP contribution in [0.5, 0.6) is 5.75 Å². The SMILES string of the molecule is Cc1ccc(-c2nc3c(C)cccn3c2CC(=O)Nc2ccc3c(c2)N(C)C(=O)CO3)cc1C.